The van der Waals surface area contributed by atoms with E-state index in [1.165, 1.54) is 0 Å². The van der Waals surface area contributed by atoms with Crippen molar-refractivity contribution >= 4 is 23.2 Å². The number of hydrogen-bond donors (Lipinski definition) is 2. The lowest BCUT2D eigenvalue weighted by atomic mass is 10.3. The third kappa shape index (κ3) is 3.59. The Balaban J connectivity index is 2.13. The van der Waals surface area contributed by atoms with Crippen molar-refractivity contribution in [2.75, 3.05) is 19.6 Å². The maximum atomic E-state index is 11.4. The third-order valence-electron chi connectivity index (χ3n) is 2.10. The first-order valence-electron chi connectivity index (χ1n) is 4.51. The monoisotopic (exact) mass is 201 g/mol. The zero-order chi connectivity index (χ0) is 9.68. The summed E-state index contributed by atoms with van der Waals surface area (Å²) in [5, 5.41) is 3.02. The van der Waals surface area contributed by atoms with Crippen molar-refractivity contribution in [2.45, 2.75) is 19.3 Å². The standard InChI is InChI=1S/C8H15N3OS/c9-8(13)10-4-3-7(12)11-5-1-2-6-11/h1-6H2,(H3,9,10,13). The van der Waals surface area contributed by atoms with Gasteiger partial charge in [0.15, 0.2) is 5.11 Å². The van der Waals surface area contributed by atoms with Crippen LogP contribution in [0.3, 0.4) is 0 Å². The van der Waals surface area contributed by atoms with Crippen LogP contribution in [0.5, 0.6) is 0 Å². The summed E-state index contributed by atoms with van der Waals surface area (Å²) in [6, 6.07) is 0. The lowest BCUT2D eigenvalue weighted by Gasteiger charge is -2.14. The highest BCUT2D eigenvalue weighted by Crippen LogP contribution is 2.08. The van der Waals surface area contributed by atoms with Crippen molar-refractivity contribution in [2.24, 2.45) is 5.73 Å². The van der Waals surface area contributed by atoms with Gasteiger partial charge in [0.05, 0.1) is 0 Å². The summed E-state index contributed by atoms with van der Waals surface area (Å²) in [5.41, 5.74) is 5.23. The van der Waals surface area contributed by atoms with Gasteiger partial charge in [-0.25, -0.2) is 0 Å². The van der Waals surface area contributed by atoms with Gasteiger partial charge >= 0.3 is 0 Å². The summed E-state index contributed by atoms with van der Waals surface area (Å²) in [5.74, 6) is 0.196. The molecule has 3 N–H and O–H groups in total. The topological polar surface area (TPSA) is 58.4 Å². The minimum atomic E-state index is 0.196. The summed E-state index contributed by atoms with van der Waals surface area (Å²) >= 11 is 4.62. The van der Waals surface area contributed by atoms with Crippen LogP contribution in [-0.2, 0) is 4.79 Å². The molecule has 0 aromatic carbocycles. The predicted octanol–water partition coefficient (Wildman–Crippen LogP) is -0.168. The van der Waals surface area contributed by atoms with Gasteiger partial charge in [-0.3, -0.25) is 4.79 Å². The highest BCUT2D eigenvalue weighted by atomic mass is 32.1. The number of nitrogens with two attached hydrogens (primary N) is 1. The number of hydrogen-bond acceptors (Lipinski definition) is 2. The number of likely N-dealkylation sites (tertiary alicyclic amines) is 1. The van der Waals surface area contributed by atoms with E-state index < -0.39 is 0 Å². The molecule has 1 saturated heterocycles. The molecule has 0 bridgehead atoms. The van der Waals surface area contributed by atoms with Crippen molar-refractivity contribution in [3.05, 3.63) is 0 Å². The van der Waals surface area contributed by atoms with Crippen LogP contribution in [0.2, 0.25) is 0 Å². The van der Waals surface area contributed by atoms with Crippen LogP contribution in [-0.4, -0.2) is 35.6 Å². The maximum Gasteiger partial charge on any atom is 0.224 e. The Morgan fingerprint density at radius 1 is 1.46 bits per heavy atom. The first-order valence-corrected chi connectivity index (χ1v) is 4.92. The molecule has 1 rings (SSSR count). The van der Waals surface area contributed by atoms with Gasteiger partial charge < -0.3 is 16.0 Å². The Morgan fingerprint density at radius 3 is 2.62 bits per heavy atom. The molecule has 0 aromatic rings. The van der Waals surface area contributed by atoms with Gasteiger partial charge in [0.2, 0.25) is 5.91 Å². The molecule has 0 saturated carbocycles. The van der Waals surface area contributed by atoms with Crippen LogP contribution < -0.4 is 11.1 Å². The molecule has 1 fully saturated rings. The van der Waals surface area contributed by atoms with Gasteiger partial charge in [-0.2, -0.15) is 0 Å². The molecule has 0 radical (unpaired) electrons. The molecule has 1 amide bonds. The van der Waals surface area contributed by atoms with E-state index in [0.717, 1.165) is 25.9 Å². The van der Waals surface area contributed by atoms with Gasteiger partial charge in [-0.1, -0.05) is 0 Å². The summed E-state index contributed by atoms with van der Waals surface area (Å²) < 4.78 is 0. The molecular weight excluding hydrogens is 186 g/mol. The first-order chi connectivity index (χ1) is 6.20. The molecule has 0 aliphatic carbocycles. The quantitative estimate of drug-likeness (QED) is 0.623. The minimum absolute atomic E-state index is 0.196. The van der Waals surface area contributed by atoms with E-state index in [9.17, 15) is 4.79 Å². The van der Waals surface area contributed by atoms with Crippen LogP contribution in [0.1, 0.15) is 19.3 Å². The Kier molecular flexibility index (Phi) is 3.95. The Labute approximate surface area is 83.5 Å². The second kappa shape index (κ2) is 5.01. The summed E-state index contributed by atoms with van der Waals surface area (Å²) in [7, 11) is 0. The zero-order valence-electron chi connectivity index (χ0n) is 7.58. The molecule has 1 aliphatic rings. The third-order valence-corrected chi connectivity index (χ3v) is 2.24. The Morgan fingerprint density at radius 2 is 2.08 bits per heavy atom. The van der Waals surface area contributed by atoms with E-state index in [1.807, 2.05) is 4.90 Å². The van der Waals surface area contributed by atoms with Gasteiger partial charge in [0.25, 0.3) is 0 Å². The zero-order valence-corrected chi connectivity index (χ0v) is 8.40. The number of amides is 1. The van der Waals surface area contributed by atoms with Crippen molar-refractivity contribution in [1.82, 2.24) is 10.2 Å². The normalized spacial score (nSPS) is 15.8. The molecule has 1 aliphatic heterocycles. The number of thiocarbonyl (C=S) groups is 1. The number of carbonyl (C=O) groups is 1. The summed E-state index contributed by atoms with van der Waals surface area (Å²) in [4.78, 5) is 13.3. The molecule has 4 nitrogen and oxygen atoms in total. The van der Waals surface area contributed by atoms with Crippen molar-refractivity contribution in [3.63, 3.8) is 0 Å². The maximum absolute atomic E-state index is 11.4. The molecule has 0 spiro atoms. The average molecular weight is 201 g/mol. The molecule has 0 aromatic heterocycles. The van der Waals surface area contributed by atoms with Crippen LogP contribution in [0.25, 0.3) is 0 Å². The van der Waals surface area contributed by atoms with Gasteiger partial charge in [0.1, 0.15) is 0 Å². The highest BCUT2D eigenvalue weighted by Gasteiger charge is 2.16. The van der Waals surface area contributed by atoms with Crippen LogP contribution in [0, 0.1) is 0 Å². The minimum Gasteiger partial charge on any atom is -0.376 e. The van der Waals surface area contributed by atoms with Crippen LogP contribution >= 0.6 is 12.2 Å². The number of carbonyl (C=O) groups excluding carboxylic acids is 1. The Bertz CT molecular complexity index is 202. The van der Waals surface area contributed by atoms with E-state index in [2.05, 4.69) is 17.5 Å². The largest absolute Gasteiger partial charge is 0.376 e. The second-order valence-electron chi connectivity index (χ2n) is 3.13. The van der Waals surface area contributed by atoms with E-state index in [-0.39, 0.29) is 11.0 Å². The first kappa shape index (κ1) is 10.2. The van der Waals surface area contributed by atoms with Gasteiger partial charge in [-0.05, 0) is 25.1 Å². The fourth-order valence-electron chi connectivity index (χ4n) is 1.42. The van der Waals surface area contributed by atoms with E-state index >= 15 is 0 Å². The molecule has 13 heavy (non-hydrogen) atoms. The van der Waals surface area contributed by atoms with E-state index in [4.69, 9.17) is 5.73 Å². The number of rotatable bonds is 3. The molecule has 74 valence electrons. The summed E-state index contributed by atoms with van der Waals surface area (Å²) in [6.45, 7) is 2.36. The summed E-state index contributed by atoms with van der Waals surface area (Å²) in [6.07, 6.45) is 2.75. The van der Waals surface area contributed by atoms with Crippen molar-refractivity contribution < 1.29 is 4.79 Å². The van der Waals surface area contributed by atoms with E-state index in [0.29, 0.717) is 13.0 Å². The Hall–Kier alpha value is -0.840. The molecular formula is C8H15N3OS. The lowest BCUT2D eigenvalue weighted by molar-refractivity contribution is -0.129. The fraction of sp³-hybridized carbons (Fsp3) is 0.750. The molecule has 5 heteroatoms. The molecule has 0 unspecified atom stereocenters. The number of nitrogens with zero attached hydrogens (tertiary/aromatic N) is 1. The predicted molar refractivity (Wildman–Crippen MR) is 55.2 cm³/mol. The fourth-order valence-corrected chi connectivity index (χ4v) is 1.52. The van der Waals surface area contributed by atoms with Crippen molar-refractivity contribution in [1.29, 1.82) is 0 Å². The van der Waals surface area contributed by atoms with E-state index in [1.54, 1.807) is 0 Å². The second-order valence-corrected chi connectivity index (χ2v) is 3.57. The SMILES string of the molecule is NC(=S)NCCC(=O)N1CCCC1. The molecule has 0 atom stereocenters. The molecule has 1 heterocycles. The lowest BCUT2D eigenvalue weighted by Crippen LogP contribution is -2.34. The average Bonchev–Trinajstić information content (AvgIpc) is 2.55. The van der Waals surface area contributed by atoms with Gasteiger partial charge in [-0.15, -0.1) is 0 Å². The van der Waals surface area contributed by atoms with Crippen LogP contribution in [0.15, 0.2) is 0 Å². The highest BCUT2D eigenvalue weighted by molar-refractivity contribution is 7.80. The van der Waals surface area contributed by atoms with Crippen LogP contribution in [0.4, 0.5) is 0 Å². The smallest absolute Gasteiger partial charge is 0.224 e. The van der Waals surface area contributed by atoms with Crippen molar-refractivity contribution in [3.8, 4) is 0 Å². The van der Waals surface area contributed by atoms with Gasteiger partial charge in [0, 0.05) is 26.1 Å². The number of nitrogens with one attached hydrogen (secondary N) is 1.